The molecule has 29 heavy (non-hydrogen) atoms. The summed E-state index contributed by atoms with van der Waals surface area (Å²) in [7, 11) is 1.69. The van der Waals surface area contributed by atoms with Gasteiger partial charge in [0.2, 0.25) is 5.91 Å². The molecule has 0 saturated carbocycles. The average Bonchev–Trinajstić information content (AvgIpc) is 2.74. The first kappa shape index (κ1) is 20.1. The maximum Gasteiger partial charge on any atom is 0.255 e. The minimum absolute atomic E-state index is 0.0728. The van der Waals surface area contributed by atoms with Crippen LogP contribution in [-0.4, -0.2) is 25.5 Å². The van der Waals surface area contributed by atoms with Crippen LogP contribution in [0.25, 0.3) is 0 Å². The highest BCUT2D eigenvalue weighted by Gasteiger charge is 2.09. The van der Waals surface area contributed by atoms with Gasteiger partial charge in [0, 0.05) is 37.3 Å². The van der Waals surface area contributed by atoms with E-state index in [1.54, 1.807) is 49.5 Å². The third kappa shape index (κ3) is 5.69. The third-order valence-electron chi connectivity index (χ3n) is 4.58. The summed E-state index contributed by atoms with van der Waals surface area (Å²) < 4.78 is 5.76. The highest BCUT2D eigenvalue weighted by atomic mass is 16.5. The van der Waals surface area contributed by atoms with Crippen molar-refractivity contribution in [2.24, 2.45) is 0 Å². The van der Waals surface area contributed by atoms with E-state index in [2.05, 4.69) is 17.4 Å². The highest BCUT2D eigenvalue weighted by molar-refractivity contribution is 6.04. The molecule has 0 aliphatic heterocycles. The summed E-state index contributed by atoms with van der Waals surface area (Å²) in [6.45, 7) is 2.07. The van der Waals surface area contributed by atoms with Crippen molar-refractivity contribution in [2.45, 2.75) is 13.3 Å². The van der Waals surface area contributed by atoms with Gasteiger partial charge >= 0.3 is 0 Å². The van der Waals surface area contributed by atoms with Crippen molar-refractivity contribution in [3.63, 3.8) is 0 Å². The molecule has 0 aliphatic carbocycles. The number of ether oxygens (including phenoxy) is 1. The molecular formula is C24H24N2O3. The van der Waals surface area contributed by atoms with Gasteiger partial charge in [-0.1, -0.05) is 36.4 Å². The number of nitrogens with zero attached hydrogens (tertiary/aromatic N) is 1. The van der Waals surface area contributed by atoms with E-state index in [-0.39, 0.29) is 11.8 Å². The Morgan fingerprint density at radius 2 is 1.66 bits per heavy atom. The zero-order chi connectivity index (χ0) is 20.6. The predicted octanol–water partition coefficient (Wildman–Crippen LogP) is 4.54. The Morgan fingerprint density at radius 1 is 0.931 bits per heavy atom. The predicted molar refractivity (Wildman–Crippen MR) is 116 cm³/mol. The first-order chi connectivity index (χ1) is 14.0. The van der Waals surface area contributed by atoms with E-state index in [0.717, 1.165) is 17.9 Å². The monoisotopic (exact) mass is 388 g/mol. The van der Waals surface area contributed by atoms with Crippen molar-refractivity contribution in [1.29, 1.82) is 0 Å². The van der Waals surface area contributed by atoms with Crippen molar-refractivity contribution < 1.29 is 14.3 Å². The van der Waals surface area contributed by atoms with Crippen LogP contribution < -0.4 is 15.0 Å². The molecule has 0 aromatic heterocycles. The molecule has 3 rings (SSSR count). The van der Waals surface area contributed by atoms with Crippen LogP contribution >= 0.6 is 0 Å². The van der Waals surface area contributed by atoms with Crippen molar-refractivity contribution in [3.8, 4) is 5.75 Å². The fraction of sp³-hybridized carbons (Fsp3) is 0.167. The molecule has 0 heterocycles. The summed E-state index contributed by atoms with van der Waals surface area (Å²) in [6, 6.07) is 24.4. The van der Waals surface area contributed by atoms with Gasteiger partial charge in [-0.15, -0.1) is 0 Å². The van der Waals surface area contributed by atoms with Gasteiger partial charge in [-0.25, -0.2) is 0 Å². The van der Waals surface area contributed by atoms with E-state index in [1.165, 1.54) is 17.4 Å². The Bertz CT molecular complexity index is 969. The lowest BCUT2D eigenvalue weighted by atomic mass is 10.1. The van der Waals surface area contributed by atoms with Crippen LogP contribution in [0.15, 0.2) is 78.9 Å². The second kappa shape index (κ2) is 9.55. The minimum Gasteiger partial charge on any atom is -0.493 e. The quantitative estimate of drug-likeness (QED) is 0.646. The second-order valence-electron chi connectivity index (χ2n) is 6.69. The SMILES string of the molecule is CC(=O)N(C)c1cccc(NC(=O)c2ccc(OCCc3ccccc3)cc2)c1. The molecule has 0 aliphatic rings. The molecular weight excluding hydrogens is 364 g/mol. The lowest BCUT2D eigenvalue weighted by Crippen LogP contribution is -2.23. The summed E-state index contributed by atoms with van der Waals surface area (Å²) >= 11 is 0. The molecule has 1 N–H and O–H groups in total. The van der Waals surface area contributed by atoms with Crippen molar-refractivity contribution in [1.82, 2.24) is 0 Å². The van der Waals surface area contributed by atoms with Gasteiger partial charge in [0.05, 0.1) is 6.61 Å². The topological polar surface area (TPSA) is 58.6 Å². The number of anilines is 2. The third-order valence-corrected chi connectivity index (χ3v) is 4.58. The zero-order valence-electron chi connectivity index (χ0n) is 16.6. The van der Waals surface area contributed by atoms with Gasteiger partial charge in [0.1, 0.15) is 5.75 Å². The molecule has 0 atom stereocenters. The molecule has 5 nitrogen and oxygen atoms in total. The zero-order valence-corrected chi connectivity index (χ0v) is 16.6. The lowest BCUT2D eigenvalue weighted by Gasteiger charge is -2.16. The number of rotatable bonds is 7. The van der Waals surface area contributed by atoms with Crippen molar-refractivity contribution in [2.75, 3.05) is 23.9 Å². The van der Waals surface area contributed by atoms with Crippen LogP contribution in [-0.2, 0) is 11.2 Å². The first-order valence-corrected chi connectivity index (χ1v) is 9.45. The van der Waals surface area contributed by atoms with E-state index >= 15 is 0 Å². The van der Waals surface area contributed by atoms with Crippen LogP contribution in [0.5, 0.6) is 5.75 Å². The number of hydrogen-bond donors (Lipinski definition) is 1. The Hall–Kier alpha value is -3.60. The van der Waals surface area contributed by atoms with E-state index in [9.17, 15) is 9.59 Å². The maximum absolute atomic E-state index is 12.5. The number of carbonyl (C=O) groups is 2. The number of amides is 2. The summed E-state index contributed by atoms with van der Waals surface area (Å²) in [5, 5.41) is 2.86. The van der Waals surface area contributed by atoms with Crippen LogP contribution in [0.3, 0.4) is 0 Å². The second-order valence-corrected chi connectivity index (χ2v) is 6.69. The maximum atomic E-state index is 12.5. The van der Waals surface area contributed by atoms with Crippen molar-refractivity contribution >= 4 is 23.2 Å². The standard InChI is InChI=1S/C24H24N2O3/c1-18(27)26(2)22-10-6-9-21(17-22)25-24(28)20-11-13-23(14-12-20)29-16-15-19-7-4-3-5-8-19/h3-14,17H,15-16H2,1-2H3,(H,25,28). The smallest absolute Gasteiger partial charge is 0.255 e. The molecule has 0 bridgehead atoms. The molecule has 0 spiro atoms. The van der Waals surface area contributed by atoms with Crippen LogP contribution in [0.4, 0.5) is 11.4 Å². The van der Waals surface area contributed by atoms with Gasteiger partial charge in [0.25, 0.3) is 5.91 Å². The average molecular weight is 388 g/mol. The Labute approximate surface area is 170 Å². The van der Waals surface area contributed by atoms with Crippen LogP contribution in [0.1, 0.15) is 22.8 Å². The summed E-state index contributed by atoms with van der Waals surface area (Å²) in [6.07, 6.45) is 0.828. The molecule has 2 amide bonds. The fourth-order valence-corrected chi connectivity index (χ4v) is 2.81. The van der Waals surface area contributed by atoms with Crippen molar-refractivity contribution in [3.05, 3.63) is 90.0 Å². The molecule has 3 aromatic rings. The van der Waals surface area contributed by atoms with E-state index in [0.29, 0.717) is 17.9 Å². The molecule has 0 unspecified atom stereocenters. The molecule has 3 aromatic carbocycles. The van der Waals surface area contributed by atoms with E-state index in [1.807, 2.05) is 24.3 Å². The normalized spacial score (nSPS) is 10.3. The van der Waals surface area contributed by atoms with Gasteiger partial charge in [0.15, 0.2) is 0 Å². The van der Waals surface area contributed by atoms with Crippen LogP contribution in [0, 0.1) is 0 Å². The Morgan fingerprint density at radius 3 is 2.34 bits per heavy atom. The molecule has 5 heteroatoms. The van der Waals surface area contributed by atoms with Gasteiger partial charge in [-0.05, 0) is 48.0 Å². The summed E-state index contributed by atoms with van der Waals surface area (Å²) in [5.74, 6) is 0.433. The minimum atomic E-state index is -0.219. The molecule has 0 radical (unpaired) electrons. The van der Waals surface area contributed by atoms with Gasteiger partial charge in [-0.3, -0.25) is 9.59 Å². The molecule has 148 valence electrons. The first-order valence-electron chi connectivity index (χ1n) is 9.45. The molecule has 0 saturated heterocycles. The van der Waals surface area contributed by atoms with E-state index in [4.69, 9.17) is 4.74 Å². The van der Waals surface area contributed by atoms with E-state index < -0.39 is 0 Å². The number of benzene rings is 3. The summed E-state index contributed by atoms with van der Waals surface area (Å²) in [5.41, 5.74) is 3.10. The number of carbonyl (C=O) groups excluding carboxylic acids is 2. The van der Waals surface area contributed by atoms with Crippen LogP contribution in [0.2, 0.25) is 0 Å². The Kier molecular flexibility index (Phi) is 6.63. The van der Waals surface area contributed by atoms with Gasteiger partial charge in [-0.2, -0.15) is 0 Å². The Balaban J connectivity index is 1.56. The highest BCUT2D eigenvalue weighted by Crippen LogP contribution is 2.20. The fourth-order valence-electron chi connectivity index (χ4n) is 2.81. The van der Waals surface area contributed by atoms with Gasteiger partial charge < -0.3 is 15.0 Å². The lowest BCUT2D eigenvalue weighted by molar-refractivity contribution is -0.116. The largest absolute Gasteiger partial charge is 0.493 e. The number of hydrogen-bond acceptors (Lipinski definition) is 3. The number of nitrogens with one attached hydrogen (secondary N) is 1. The molecule has 0 fully saturated rings. The summed E-state index contributed by atoms with van der Waals surface area (Å²) in [4.78, 5) is 25.5.